The smallest absolute Gasteiger partial charge is 0.444 e. The standard InChI is InChI=1S/C24H35BF3NO5/c1-21(2,3)32-20(31)29(8)15-17-11-16(14-19(30)9-10-24(26,27)28)12-18(13-17)25-33-22(4,5)23(6,7)34-25/h11-13H,9-10,14-15H2,1-8H3. The van der Waals surface area contributed by atoms with Gasteiger partial charge in [-0.3, -0.25) is 4.79 Å². The van der Waals surface area contributed by atoms with Gasteiger partial charge < -0.3 is 18.9 Å². The average Bonchev–Trinajstić information content (AvgIpc) is 2.85. The molecule has 0 bridgehead atoms. The molecule has 0 aliphatic carbocycles. The average molecular weight is 485 g/mol. The molecule has 0 spiro atoms. The Balaban J connectivity index is 2.30. The van der Waals surface area contributed by atoms with Gasteiger partial charge >= 0.3 is 19.4 Å². The lowest BCUT2D eigenvalue weighted by Crippen LogP contribution is -2.41. The van der Waals surface area contributed by atoms with Gasteiger partial charge in [-0.2, -0.15) is 13.2 Å². The lowest BCUT2D eigenvalue weighted by atomic mass is 9.77. The van der Waals surface area contributed by atoms with Gasteiger partial charge in [0.05, 0.1) is 17.6 Å². The first-order valence-electron chi connectivity index (χ1n) is 11.3. The molecule has 1 aromatic carbocycles. The zero-order valence-corrected chi connectivity index (χ0v) is 21.3. The summed E-state index contributed by atoms with van der Waals surface area (Å²) >= 11 is 0. The third-order valence-corrected chi connectivity index (χ3v) is 5.81. The van der Waals surface area contributed by atoms with Crippen LogP contribution in [-0.2, 0) is 31.8 Å². The number of hydrogen-bond donors (Lipinski definition) is 0. The molecule has 1 aliphatic rings. The second-order valence-electron chi connectivity index (χ2n) is 10.8. The van der Waals surface area contributed by atoms with Crippen LogP contribution in [-0.4, -0.2) is 53.9 Å². The molecule has 0 unspecified atom stereocenters. The topological polar surface area (TPSA) is 65.1 Å². The van der Waals surface area contributed by atoms with Gasteiger partial charge in [-0.15, -0.1) is 0 Å². The number of carbonyl (C=O) groups excluding carboxylic acids is 2. The number of ether oxygens (including phenoxy) is 1. The van der Waals surface area contributed by atoms with E-state index in [2.05, 4.69) is 0 Å². The fraction of sp³-hybridized carbons (Fsp3) is 0.667. The molecule has 0 radical (unpaired) electrons. The first kappa shape index (κ1) is 28.2. The summed E-state index contributed by atoms with van der Waals surface area (Å²) in [6.45, 7) is 13.1. The molecule has 34 heavy (non-hydrogen) atoms. The van der Waals surface area contributed by atoms with Crippen LogP contribution in [0, 0.1) is 0 Å². The van der Waals surface area contributed by atoms with E-state index < -0.39 is 54.8 Å². The Morgan fingerprint density at radius 3 is 2.03 bits per heavy atom. The minimum atomic E-state index is -4.39. The minimum Gasteiger partial charge on any atom is -0.444 e. The second-order valence-corrected chi connectivity index (χ2v) is 10.8. The summed E-state index contributed by atoms with van der Waals surface area (Å²) in [5.74, 6) is -0.519. The van der Waals surface area contributed by atoms with Crippen LogP contribution in [0.25, 0.3) is 0 Å². The van der Waals surface area contributed by atoms with Gasteiger partial charge in [0.2, 0.25) is 0 Å². The van der Waals surface area contributed by atoms with E-state index in [1.54, 1.807) is 40.0 Å². The van der Waals surface area contributed by atoms with Crippen LogP contribution >= 0.6 is 0 Å². The molecule has 6 nitrogen and oxygen atoms in total. The van der Waals surface area contributed by atoms with E-state index in [1.807, 2.05) is 33.8 Å². The Bertz CT molecular complexity index is 893. The molecule has 2 rings (SSSR count). The second kappa shape index (κ2) is 9.89. The predicted molar refractivity (Wildman–Crippen MR) is 124 cm³/mol. The Morgan fingerprint density at radius 1 is 1.00 bits per heavy atom. The van der Waals surface area contributed by atoms with Gasteiger partial charge in [-0.25, -0.2) is 4.79 Å². The van der Waals surface area contributed by atoms with Crippen molar-refractivity contribution < 1.29 is 36.8 Å². The fourth-order valence-electron chi connectivity index (χ4n) is 3.38. The van der Waals surface area contributed by atoms with Crippen molar-refractivity contribution in [3.8, 4) is 0 Å². The van der Waals surface area contributed by atoms with Crippen molar-refractivity contribution in [2.75, 3.05) is 7.05 Å². The Kier molecular flexibility index (Phi) is 8.20. The highest BCUT2D eigenvalue weighted by atomic mass is 19.4. The van der Waals surface area contributed by atoms with Crippen LogP contribution in [0.15, 0.2) is 18.2 Å². The van der Waals surface area contributed by atoms with Crippen LogP contribution in [0.2, 0.25) is 0 Å². The van der Waals surface area contributed by atoms with Crippen molar-refractivity contribution in [2.24, 2.45) is 0 Å². The molecule has 10 heteroatoms. The van der Waals surface area contributed by atoms with Crippen LogP contribution in [0.3, 0.4) is 0 Å². The molecule has 190 valence electrons. The van der Waals surface area contributed by atoms with E-state index in [0.29, 0.717) is 16.6 Å². The van der Waals surface area contributed by atoms with E-state index >= 15 is 0 Å². The summed E-state index contributed by atoms with van der Waals surface area (Å²) in [6, 6.07) is 5.23. The molecule has 1 saturated heterocycles. The number of nitrogens with zero attached hydrogens (tertiary/aromatic N) is 1. The molecule has 0 aromatic heterocycles. The first-order chi connectivity index (χ1) is 15.3. The summed E-state index contributed by atoms with van der Waals surface area (Å²) in [5, 5.41) is 0. The molecule has 1 amide bonds. The van der Waals surface area contributed by atoms with E-state index in [0.717, 1.165) is 0 Å². The SMILES string of the molecule is CN(Cc1cc(CC(=O)CCC(F)(F)F)cc(B2OC(C)(C)C(C)(C)O2)c1)C(=O)OC(C)(C)C. The highest BCUT2D eigenvalue weighted by Crippen LogP contribution is 2.36. The summed E-state index contributed by atoms with van der Waals surface area (Å²) in [5.41, 5.74) is -0.00207. The number of ketones is 1. The van der Waals surface area contributed by atoms with Gasteiger partial charge in [-0.1, -0.05) is 18.2 Å². The van der Waals surface area contributed by atoms with E-state index in [1.165, 1.54) is 4.90 Å². The largest absolute Gasteiger partial charge is 0.494 e. The Morgan fingerprint density at radius 2 is 1.53 bits per heavy atom. The third kappa shape index (κ3) is 8.01. The van der Waals surface area contributed by atoms with Crippen LogP contribution in [0.4, 0.5) is 18.0 Å². The van der Waals surface area contributed by atoms with Gasteiger partial charge in [0.1, 0.15) is 11.4 Å². The van der Waals surface area contributed by atoms with E-state index in [9.17, 15) is 22.8 Å². The normalized spacial score (nSPS) is 17.6. The van der Waals surface area contributed by atoms with E-state index in [-0.39, 0.29) is 13.0 Å². The maximum atomic E-state index is 12.5. The Hall–Kier alpha value is -2.07. The number of benzene rings is 1. The zero-order valence-electron chi connectivity index (χ0n) is 21.3. The third-order valence-electron chi connectivity index (χ3n) is 5.81. The molecule has 0 atom stereocenters. The number of amides is 1. The van der Waals surface area contributed by atoms with Crippen LogP contribution in [0.5, 0.6) is 0 Å². The fourth-order valence-corrected chi connectivity index (χ4v) is 3.38. The van der Waals surface area contributed by atoms with E-state index in [4.69, 9.17) is 14.0 Å². The number of hydrogen-bond acceptors (Lipinski definition) is 5. The molecule has 0 N–H and O–H groups in total. The van der Waals surface area contributed by atoms with Gasteiger partial charge in [0, 0.05) is 26.4 Å². The van der Waals surface area contributed by atoms with Crippen LogP contribution in [0.1, 0.15) is 72.4 Å². The van der Waals surface area contributed by atoms with Crippen LogP contribution < -0.4 is 5.46 Å². The van der Waals surface area contributed by atoms with Crippen molar-refractivity contribution in [2.45, 2.75) is 97.3 Å². The summed E-state index contributed by atoms with van der Waals surface area (Å²) in [6.07, 6.45) is -6.81. The first-order valence-corrected chi connectivity index (χ1v) is 11.3. The quantitative estimate of drug-likeness (QED) is 0.519. The zero-order chi connectivity index (χ0) is 26.1. The van der Waals surface area contributed by atoms with Crippen molar-refractivity contribution in [3.63, 3.8) is 0 Å². The number of carbonyl (C=O) groups is 2. The molecular formula is C24H35BF3NO5. The van der Waals surface area contributed by atoms with Crippen molar-refractivity contribution in [1.29, 1.82) is 0 Å². The monoisotopic (exact) mass is 485 g/mol. The summed E-state index contributed by atoms with van der Waals surface area (Å²) in [4.78, 5) is 26.1. The molecule has 1 aliphatic heterocycles. The van der Waals surface area contributed by atoms with Gasteiger partial charge in [-0.05, 0) is 65.1 Å². The maximum Gasteiger partial charge on any atom is 0.494 e. The van der Waals surface area contributed by atoms with Gasteiger partial charge in [0.15, 0.2) is 0 Å². The maximum absolute atomic E-state index is 12.5. The van der Waals surface area contributed by atoms with Crippen molar-refractivity contribution >= 4 is 24.5 Å². The summed E-state index contributed by atoms with van der Waals surface area (Å²) in [7, 11) is 0.866. The molecule has 1 fully saturated rings. The molecule has 1 heterocycles. The van der Waals surface area contributed by atoms with Gasteiger partial charge in [0.25, 0.3) is 0 Å². The minimum absolute atomic E-state index is 0.160. The number of Topliss-reactive ketones (excluding diaryl/α,β-unsaturated/α-hetero) is 1. The highest BCUT2D eigenvalue weighted by Gasteiger charge is 2.51. The highest BCUT2D eigenvalue weighted by molar-refractivity contribution is 6.62. The number of rotatable bonds is 7. The molecule has 0 saturated carbocycles. The Labute approximate surface area is 200 Å². The number of halogens is 3. The molecule has 1 aromatic rings. The van der Waals surface area contributed by atoms with Crippen molar-refractivity contribution in [3.05, 3.63) is 29.3 Å². The lowest BCUT2D eigenvalue weighted by molar-refractivity contribution is -0.143. The number of alkyl halides is 3. The van der Waals surface area contributed by atoms with Crippen molar-refractivity contribution in [1.82, 2.24) is 4.90 Å². The molecular weight excluding hydrogens is 450 g/mol. The lowest BCUT2D eigenvalue weighted by Gasteiger charge is -2.32. The predicted octanol–water partition coefficient (Wildman–Crippen LogP) is 4.81. The summed E-state index contributed by atoms with van der Waals surface area (Å²) < 4.78 is 55.2.